The molecule has 1 aliphatic carbocycles. The molecule has 1 atom stereocenters. The summed E-state index contributed by atoms with van der Waals surface area (Å²) in [4.78, 5) is 13.8. The van der Waals surface area contributed by atoms with Crippen LogP contribution in [0.15, 0.2) is 0 Å². The van der Waals surface area contributed by atoms with Crippen molar-refractivity contribution in [3.05, 3.63) is 0 Å². The van der Waals surface area contributed by atoms with E-state index in [2.05, 4.69) is 10.2 Å². The molecule has 0 radical (unpaired) electrons. The van der Waals surface area contributed by atoms with Crippen molar-refractivity contribution >= 4 is 5.91 Å². The van der Waals surface area contributed by atoms with Gasteiger partial charge in [-0.25, -0.2) is 0 Å². The quantitative estimate of drug-likeness (QED) is 0.827. The minimum absolute atomic E-state index is 0.0173. The summed E-state index contributed by atoms with van der Waals surface area (Å²) >= 11 is 0. The predicted molar refractivity (Wildman–Crippen MR) is 80.1 cm³/mol. The van der Waals surface area contributed by atoms with Crippen LogP contribution in [0.3, 0.4) is 0 Å². The molecule has 0 aromatic carbocycles. The van der Waals surface area contributed by atoms with Gasteiger partial charge in [0.05, 0.1) is 18.3 Å². The number of nitrogens with one attached hydrogen (secondary N) is 1. The molecule has 1 amide bonds. The molecule has 5 heteroatoms. The average molecular weight is 296 g/mol. The maximum Gasteiger partial charge on any atom is 0.245 e. The highest BCUT2D eigenvalue weighted by atomic mass is 16.6. The topological polar surface area (TPSA) is 50.8 Å². The van der Waals surface area contributed by atoms with Crippen molar-refractivity contribution in [2.45, 2.75) is 50.2 Å². The van der Waals surface area contributed by atoms with E-state index in [0.717, 1.165) is 38.3 Å². The van der Waals surface area contributed by atoms with Crippen LogP contribution in [-0.4, -0.2) is 62.4 Å². The normalized spacial score (nSPS) is 29.5. The maximum absolute atomic E-state index is 11.2. The van der Waals surface area contributed by atoms with Gasteiger partial charge in [0.25, 0.3) is 0 Å². The highest BCUT2D eigenvalue weighted by Gasteiger charge is 2.43. The molecule has 3 rings (SSSR count). The Morgan fingerprint density at radius 2 is 2.14 bits per heavy atom. The highest BCUT2D eigenvalue weighted by Crippen LogP contribution is 2.38. The number of rotatable bonds is 5. The van der Waals surface area contributed by atoms with Crippen molar-refractivity contribution < 1.29 is 14.3 Å². The van der Waals surface area contributed by atoms with E-state index in [1.807, 2.05) is 0 Å². The number of likely N-dealkylation sites (tertiary alicyclic amines) is 1. The average Bonchev–Trinajstić information content (AvgIpc) is 2.85. The fourth-order valence-electron chi connectivity index (χ4n) is 3.71. The first kappa shape index (κ1) is 15.3. The van der Waals surface area contributed by atoms with Gasteiger partial charge >= 0.3 is 0 Å². The molecule has 1 N–H and O–H groups in total. The molecule has 5 nitrogen and oxygen atoms in total. The number of hydrogen-bond donors (Lipinski definition) is 1. The van der Waals surface area contributed by atoms with Crippen LogP contribution in [0.4, 0.5) is 0 Å². The Bertz CT molecular complexity index is 363. The van der Waals surface area contributed by atoms with Crippen LogP contribution in [0.1, 0.15) is 38.5 Å². The Labute approximate surface area is 127 Å². The Hall–Kier alpha value is -0.650. The molecule has 21 heavy (non-hydrogen) atoms. The molecule has 3 aliphatic rings. The number of carbonyl (C=O) groups is 1. The molecule has 1 spiro atoms. The zero-order valence-electron chi connectivity index (χ0n) is 13.1. The van der Waals surface area contributed by atoms with Gasteiger partial charge in [-0.05, 0) is 31.6 Å². The van der Waals surface area contributed by atoms with Gasteiger partial charge in [0.2, 0.25) is 5.91 Å². The van der Waals surface area contributed by atoms with Crippen LogP contribution in [0.25, 0.3) is 0 Å². The Kier molecular flexibility index (Phi) is 4.82. The Morgan fingerprint density at radius 3 is 2.76 bits per heavy atom. The fraction of sp³-hybridized carbons (Fsp3) is 0.938. The lowest BCUT2D eigenvalue weighted by Crippen LogP contribution is -2.46. The second kappa shape index (κ2) is 6.63. The molecule has 2 aliphatic heterocycles. The van der Waals surface area contributed by atoms with Gasteiger partial charge in [0.15, 0.2) is 0 Å². The van der Waals surface area contributed by atoms with Gasteiger partial charge in [0.1, 0.15) is 6.61 Å². The van der Waals surface area contributed by atoms with E-state index < -0.39 is 0 Å². The van der Waals surface area contributed by atoms with Crippen molar-refractivity contribution in [3.63, 3.8) is 0 Å². The fourth-order valence-corrected chi connectivity index (χ4v) is 3.71. The molecule has 1 unspecified atom stereocenters. The largest absolute Gasteiger partial charge is 0.372 e. The Morgan fingerprint density at radius 1 is 1.38 bits per heavy atom. The molecule has 3 fully saturated rings. The lowest BCUT2D eigenvalue weighted by molar-refractivity contribution is -0.127. The van der Waals surface area contributed by atoms with E-state index >= 15 is 0 Å². The number of nitrogens with zero attached hydrogens (tertiary/aromatic N) is 1. The lowest BCUT2D eigenvalue weighted by Gasteiger charge is -2.41. The number of amides is 1. The summed E-state index contributed by atoms with van der Waals surface area (Å²) in [6, 6.07) is 0. The molecular formula is C16H28N2O3. The van der Waals surface area contributed by atoms with E-state index in [-0.39, 0.29) is 24.2 Å². The van der Waals surface area contributed by atoms with E-state index in [4.69, 9.17) is 9.47 Å². The number of ether oxygens (including phenoxy) is 2. The first-order valence-corrected chi connectivity index (χ1v) is 8.38. The van der Waals surface area contributed by atoms with Crippen molar-refractivity contribution in [2.24, 2.45) is 5.92 Å². The van der Waals surface area contributed by atoms with Gasteiger partial charge in [-0.15, -0.1) is 0 Å². The van der Waals surface area contributed by atoms with Gasteiger partial charge in [0, 0.05) is 33.1 Å². The minimum Gasteiger partial charge on any atom is -0.372 e. The van der Waals surface area contributed by atoms with Crippen molar-refractivity contribution in [2.75, 3.05) is 39.9 Å². The molecule has 2 heterocycles. The zero-order valence-corrected chi connectivity index (χ0v) is 13.1. The first-order chi connectivity index (χ1) is 10.2. The van der Waals surface area contributed by atoms with Crippen LogP contribution in [0, 0.1) is 5.92 Å². The van der Waals surface area contributed by atoms with E-state index in [1.165, 1.54) is 25.8 Å². The van der Waals surface area contributed by atoms with Crippen LogP contribution < -0.4 is 5.32 Å². The molecule has 2 saturated heterocycles. The van der Waals surface area contributed by atoms with Gasteiger partial charge < -0.3 is 19.7 Å². The van der Waals surface area contributed by atoms with Gasteiger partial charge in [-0.2, -0.15) is 0 Å². The molecule has 0 aromatic rings. The molecule has 120 valence electrons. The van der Waals surface area contributed by atoms with E-state index in [9.17, 15) is 4.79 Å². The SMILES string of the molecule is CNC(=O)COC1COC2(CCN(CC3CCC3)CC2)C1. The first-order valence-electron chi connectivity index (χ1n) is 8.38. The lowest BCUT2D eigenvalue weighted by atomic mass is 9.83. The monoisotopic (exact) mass is 296 g/mol. The van der Waals surface area contributed by atoms with Gasteiger partial charge in [-0.3, -0.25) is 4.79 Å². The van der Waals surface area contributed by atoms with Crippen LogP contribution in [0.5, 0.6) is 0 Å². The summed E-state index contributed by atoms with van der Waals surface area (Å²) < 4.78 is 11.7. The number of likely N-dealkylation sites (N-methyl/N-ethyl adjacent to an activating group) is 1. The van der Waals surface area contributed by atoms with Gasteiger partial charge in [-0.1, -0.05) is 6.42 Å². The Balaban J connectivity index is 1.40. The van der Waals surface area contributed by atoms with Crippen molar-refractivity contribution in [3.8, 4) is 0 Å². The van der Waals surface area contributed by atoms with E-state index in [0.29, 0.717) is 6.61 Å². The molecule has 0 bridgehead atoms. The highest BCUT2D eigenvalue weighted by molar-refractivity contribution is 5.76. The minimum atomic E-state index is -0.0636. The summed E-state index contributed by atoms with van der Waals surface area (Å²) in [7, 11) is 1.64. The van der Waals surface area contributed by atoms with Crippen LogP contribution in [0.2, 0.25) is 0 Å². The summed E-state index contributed by atoms with van der Waals surface area (Å²) in [5.41, 5.74) is 0.0173. The maximum atomic E-state index is 11.2. The number of piperidine rings is 1. The van der Waals surface area contributed by atoms with Crippen molar-refractivity contribution in [1.82, 2.24) is 10.2 Å². The third-order valence-electron chi connectivity index (χ3n) is 5.41. The predicted octanol–water partition coefficient (Wildman–Crippen LogP) is 1.17. The standard InChI is InChI=1S/C16H28N2O3/c1-17-15(19)12-20-14-9-16(21-11-14)5-7-18(8-6-16)10-13-3-2-4-13/h13-14H,2-12H2,1H3,(H,17,19). The summed E-state index contributed by atoms with van der Waals surface area (Å²) in [5, 5.41) is 2.58. The number of hydrogen-bond acceptors (Lipinski definition) is 4. The third kappa shape index (κ3) is 3.76. The second-order valence-corrected chi connectivity index (χ2v) is 6.90. The van der Waals surface area contributed by atoms with E-state index in [1.54, 1.807) is 7.05 Å². The molecule has 1 saturated carbocycles. The summed E-state index contributed by atoms with van der Waals surface area (Å²) in [5.74, 6) is 0.887. The second-order valence-electron chi connectivity index (χ2n) is 6.90. The zero-order chi connectivity index (χ0) is 14.7. The van der Waals surface area contributed by atoms with Crippen molar-refractivity contribution in [1.29, 1.82) is 0 Å². The third-order valence-corrected chi connectivity index (χ3v) is 5.41. The van der Waals surface area contributed by atoms with Crippen LogP contribution in [-0.2, 0) is 14.3 Å². The molecule has 0 aromatic heterocycles. The summed E-state index contributed by atoms with van der Waals surface area (Å²) in [6.45, 7) is 4.37. The molecular weight excluding hydrogens is 268 g/mol. The smallest absolute Gasteiger partial charge is 0.245 e. The summed E-state index contributed by atoms with van der Waals surface area (Å²) in [6.07, 6.45) is 7.53. The van der Waals surface area contributed by atoms with Crippen LogP contribution >= 0.6 is 0 Å². The number of carbonyl (C=O) groups excluding carboxylic acids is 1.